The SMILES string of the molecule is Cc1oc2c(C)c3oc(=O)c(CC(=O)N(CC(=O)O)CC(=O)O)c(C)c3cc2c1C. The number of hydrogen-bond acceptors (Lipinski definition) is 6. The maximum Gasteiger partial charge on any atom is 0.340 e. The van der Waals surface area contributed by atoms with Gasteiger partial charge >= 0.3 is 17.6 Å². The van der Waals surface area contributed by atoms with Crippen molar-refractivity contribution in [2.75, 3.05) is 13.1 Å². The Morgan fingerprint density at radius 3 is 1.97 bits per heavy atom. The number of carboxylic acids is 2. The lowest BCUT2D eigenvalue weighted by atomic mass is 9.98. The topological polar surface area (TPSA) is 138 Å². The van der Waals surface area contributed by atoms with Crippen LogP contribution in [0.15, 0.2) is 19.7 Å². The summed E-state index contributed by atoms with van der Waals surface area (Å²) >= 11 is 0. The Bertz CT molecular complexity index is 1250. The highest BCUT2D eigenvalue weighted by Gasteiger charge is 2.24. The van der Waals surface area contributed by atoms with Gasteiger partial charge in [-0.15, -0.1) is 0 Å². The molecule has 9 nitrogen and oxygen atoms in total. The van der Waals surface area contributed by atoms with Crippen LogP contribution >= 0.6 is 0 Å². The smallest absolute Gasteiger partial charge is 0.340 e. The molecule has 158 valence electrons. The van der Waals surface area contributed by atoms with Gasteiger partial charge in [-0.2, -0.15) is 0 Å². The highest BCUT2D eigenvalue weighted by atomic mass is 16.4. The fourth-order valence-electron chi connectivity index (χ4n) is 3.52. The Labute approximate surface area is 170 Å². The summed E-state index contributed by atoms with van der Waals surface area (Å²) in [6, 6.07) is 1.84. The van der Waals surface area contributed by atoms with Crippen molar-refractivity contribution in [3.63, 3.8) is 0 Å². The van der Waals surface area contributed by atoms with Gasteiger partial charge in [-0.1, -0.05) is 0 Å². The number of carbonyl (C=O) groups is 3. The molecule has 0 radical (unpaired) electrons. The molecule has 0 unspecified atom stereocenters. The van der Waals surface area contributed by atoms with E-state index in [1.54, 1.807) is 13.8 Å². The van der Waals surface area contributed by atoms with E-state index in [9.17, 15) is 19.2 Å². The number of benzene rings is 1. The number of aliphatic carboxylic acids is 2. The molecule has 0 spiro atoms. The molecule has 0 aliphatic heterocycles. The lowest BCUT2D eigenvalue weighted by Gasteiger charge is -2.19. The van der Waals surface area contributed by atoms with Gasteiger partial charge < -0.3 is 23.9 Å². The molecule has 2 N–H and O–H groups in total. The molecule has 1 amide bonds. The fourth-order valence-corrected chi connectivity index (χ4v) is 3.52. The number of amides is 1. The molecule has 0 bridgehead atoms. The zero-order chi connectivity index (χ0) is 22.3. The minimum atomic E-state index is -1.35. The number of nitrogens with zero attached hydrogens (tertiary/aromatic N) is 1. The predicted molar refractivity (Wildman–Crippen MR) is 107 cm³/mol. The molecule has 0 atom stereocenters. The average molecular weight is 415 g/mol. The van der Waals surface area contributed by atoms with Crippen LogP contribution in [-0.2, 0) is 20.8 Å². The molecule has 2 aromatic heterocycles. The highest BCUT2D eigenvalue weighted by molar-refractivity contribution is 6.00. The summed E-state index contributed by atoms with van der Waals surface area (Å²) in [5, 5.41) is 19.4. The minimum absolute atomic E-state index is 0.0601. The van der Waals surface area contributed by atoms with Crippen molar-refractivity contribution in [1.82, 2.24) is 4.90 Å². The number of carbonyl (C=O) groups excluding carboxylic acids is 1. The van der Waals surface area contributed by atoms with E-state index in [0.717, 1.165) is 16.7 Å². The van der Waals surface area contributed by atoms with E-state index in [0.29, 0.717) is 32.6 Å². The van der Waals surface area contributed by atoms with Crippen molar-refractivity contribution >= 4 is 39.8 Å². The summed E-state index contributed by atoms with van der Waals surface area (Å²) in [6.45, 7) is 5.65. The quantitative estimate of drug-likeness (QED) is 0.585. The first-order valence-corrected chi connectivity index (χ1v) is 9.18. The normalized spacial score (nSPS) is 11.2. The Balaban J connectivity index is 2.12. The molecule has 0 aliphatic rings. The largest absolute Gasteiger partial charge is 0.480 e. The van der Waals surface area contributed by atoms with Crippen molar-refractivity contribution in [1.29, 1.82) is 0 Å². The van der Waals surface area contributed by atoms with Gasteiger partial charge in [-0.05, 0) is 44.9 Å². The first-order chi connectivity index (χ1) is 14.0. The van der Waals surface area contributed by atoms with Gasteiger partial charge in [-0.25, -0.2) is 4.79 Å². The Hall–Kier alpha value is -3.62. The van der Waals surface area contributed by atoms with E-state index in [4.69, 9.17) is 19.0 Å². The number of fused-ring (bicyclic) bond motifs is 2. The third kappa shape index (κ3) is 3.66. The summed E-state index contributed by atoms with van der Waals surface area (Å²) in [7, 11) is 0. The Morgan fingerprint density at radius 2 is 1.40 bits per heavy atom. The molecule has 0 saturated heterocycles. The van der Waals surface area contributed by atoms with Crippen molar-refractivity contribution < 1.29 is 33.4 Å². The van der Waals surface area contributed by atoms with Gasteiger partial charge in [0.15, 0.2) is 0 Å². The number of rotatable bonds is 6. The zero-order valence-electron chi connectivity index (χ0n) is 17.0. The number of aryl methyl sites for hydroxylation is 4. The molecule has 30 heavy (non-hydrogen) atoms. The average Bonchev–Trinajstić information content (AvgIpc) is 2.93. The molecule has 3 aromatic rings. The second kappa shape index (κ2) is 7.66. The monoisotopic (exact) mass is 415 g/mol. The van der Waals surface area contributed by atoms with E-state index in [-0.39, 0.29) is 5.56 Å². The second-order valence-electron chi connectivity index (χ2n) is 7.25. The Kier molecular flexibility index (Phi) is 5.39. The molecule has 1 aromatic carbocycles. The Morgan fingerprint density at radius 1 is 0.867 bits per heavy atom. The van der Waals surface area contributed by atoms with E-state index >= 15 is 0 Å². The zero-order valence-corrected chi connectivity index (χ0v) is 17.0. The van der Waals surface area contributed by atoms with Crippen LogP contribution in [0, 0.1) is 27.7 Å². The van der Waals surface area contributed by atoms with Gasteiger partial charge in [0.2, 0.25) is 5.91 Å². The molecule has 0 saturated carbocycles. The van der Waals surface area contributed by atoms with Gasteiger partial charge in [-0.3, -0.25) is 14.4 Å². The molecule has 2 heterocycles. The lowest BCUT2D eigenvalue weighted by molar-refractivity contribution is -0.149. The summed E-state index contributed by atoms with van der Waals surface area (Å²) in [4.78, 5) is 47.8. The first-order valence-electron chi connectivity index (χ1n) is 9.18. The van der Waals surface area contributed by atoms with Crippen LogP contribution in [0.25, 0.3) is 21.9 Å². The number of furan rings is 1. The summed E-state index contributed by atoms with van der Waals surface area (Å²) in [6.07, 6.45) is -0.467. The molecule has 3 rings (SSSR count). The van der Waals surface area contributed by atoms with Crippen LogP contribution in [0.5, 0.6) is 0 Å². The summed E-state index contributed by atoms with van der Waals surface area (Å²) < 4.78 is 11.3. The molecular formula is C21H21NO8. The molecule has 0 fully saturated rings. The maximum atomic E-state index is 12.6. The van der Waals surface area contributed by atoms with Crippen LogP contribution in [0.2, 0.25) is 0 Å². The van der Waals surface area contributed by atoms with Crippen LogP contribution < -0.4 is 5.63 Å². The van der Waals surface area contributed by atoms with E-state index < -0.39 is 43.0 Å². The van der Waals surface area contributed by atoms with Gasteiger partial charge in [0.1, 0.15) is 30.0 Å². The minimum Gasteiger partial charge on any atom is -0.480 e. The highest BCUT2D eigenvalue weighted by Crippen LogP contribution is 2.34. The number of carboxylic acid groups (broad SMARTS) is 2. The van der Waals surface area contributed by atoms with Crippen molar-refractivity contribution in [2.24, 2.45) is 0 Å². The fraction of sp³-hybridized carbons (Fsp3) is 0.333. The summed E-state index contributed by atoms with van der Waals surface area (Å²) in [5.41, 5.74) is 2.43. The van der Waals surface area contributed by atoms with E-state index in [1.807, 2.05) is 19.9 Å². The summed E-state index contributed by atoms with van der Waals surface area (Å²) in [5.74, 6) is -2.74. The lowest BCUT2D eigenvalue weighted by Crippen LogP contribution is -2.40. The second-order valence-corrected chi connectivity index (χ2v) is 7.25. The molecule has 0 aliphatic carbocycles. The van der Waals surface area contributed by atoms with E-state index in [2.05, 4.69) is 0 Å². The van der Waals surface area contributed by atoms with Crippen LogP contribution in [0.1, 0.15) is 28.0 Å². The molecule has 9 heteroatoms. The maximum absolute atomic E-state index is 12.6. The first kappa shape index (κ1) is 21.1. The van der Waals surface area contributed by atoms with Gasteiger partial charge in [0.25, 0.3) is 0 Å². The van der Waals surface area contributed by atoms with Gasteiger partial charge in [0, 0.05) is 16.3 Å². The van der Waals surface area contributed by atoms with Gasteiger partial charge in [0.05, 0.1) is 12.0 Å². The third-order valence-electron chi connectivity index (χ3n) is 5.28. The van der Waals surface area contributed by atoms with Crippen molar-refractivity contribution in [2.45, 2.75) is 34.1 Å². The van der Waals surface area contributed by atoms with Crippen molar-refractivity contribution in [3.8, 4) is 0 Å². The third-order valence-corrected chi connectivity index (χ3v) is 5.28. The molecular weight excluding hydrogens is 394 g/mol. The number of hydrogen-bond donors (Lipinski definition) is 2. The van der Waals surface area contributed by atoms with E-state index in [1.165, 1.54) is 0 Å². The van der Waals surface area contributed by atoms with Crippen LogP contribution in [0.3, 0.4) is 0 Å². The standard InChI is InChI=1S/C21H21NO8/c1-9-12(4)29-19-11(3)20-14(5-13(9)19)10(2)15(21(28)30-20)6-16(23)22(7-17(24)25)8-18(26)27/h5H,6-8H2,1-4H3,(H,24,25)(H,26,27). The van der Waals surface area contributed by atoms with Crippen molar-refractivity contribution in [3.05, 3.63) is 44.5 Å². The van der Waals surface area contributed by atoms with Crippen LogP contribution in [0.4, 0.5) is 0 Å². The van der Waals surface area contributed by atoms with Crippen LogP contribution in [-0.4, -0.2) is 46.0 Å². The predicted octanol–water partition coefficient (Wildman–Crippen LogP) is 2.31.